The van der Waals surface area contributed by atoms with Gasteiger partial charge in [-0.3, -0.25) is 0 Å². The van der Waals surface area contributed by atoms with E-state index in [2.05, 4.69) is 41.2 Å². The monoisotopic (exact) mass is 271 g/mol. The second kappa shape index (κ2) is 5.29. The normalized spacial score (nSPS) is 23.1. The average Bonchev–Trinajstić information content (AvgIpc) is 2.48. The molecule has 0 saturated carbocycles. The van der Waals surface area contributed by atoms with Crippen molar-refractivity contribution in [2.45, 2.75) is 25.9 Å². The molecular formula is C16H21N3O. The first kappa shape index (κ1) is 13.2. The van der Waals surface area contributed by atoms with Crippen molar-refractivity contribution in [1.82, 2.24) is 10.3 Å². The molecule has 0 aliphatic carbocycles. The first-order valence-electron chi connectivity index (χ1n) is 7.12. The number of pyridine rings is 1. The highest BCUT2D eigenvalue weighted by atomic mass is 16.5. The van der Waals surface area contributed by atoms with Gasteiger partial charge in [0.1, 0.15) is 11.6 Å². The summed E-state index contributed by atoms with van der Waals surface area (Å²) in [7, 11) is 1.70. The number of fused-ring (bicyclic) bond motifs is 1. The van der Waals surface area contributed by atoms with Crippen LogP contribution >= 0.6 is 0 Å². The molecule has 2 heterocycles. The zero-order valence-electron chi connectivity index (χ0n) is 12.3. The summed E-state index contributed by atoms with van der Waals surface area (Å²) in [5, 5.41) is 5.87. The van der Waals surface area contributed by atoms with Crippen LogP contribution in [0.15, 0.2) is 30.5 Å². The van der Waals surface area contributed by atoms with E-state index < -0.39 is 0 Å². The van der Waals surface area contributed by atoms with E-state index in [0.29, 0.717) is 12.1 Å². The molecule has 2 atom stereocenters. The molecule has 1 aromatic carbocycles. The predicted octanol–water partition coefficient (Wildman–Crippen LogP) is 2.43. The zero-order valence-corrected chi connectivity index (χ0v) is 12.3. The molecule has 0 radical (unpaired) electrons. The third-order valence-corrected chi connectivity index (χ3v) is 3.99. The number of benzene rings is 1. The molecule has 106 valence electrons. The number of ether oxygens (including phenoxy) is 1. The number of anilines is 1. The highest BCUT2D eigenvalue weighted by Crippen LogP contribution is 2.29. The summed E-state index contributed by atoms with van der Waals surface area (Å²) in [4.78, 5) is 7.03. The fraction of sp³-hybridized carbons (Fsp3) is 0.438. The standard InChI is InChI=1S/C16H21N3O/c1-11-10-19(12(2)9-18-11)16-15-5-4-14(20-3)8-13(15)6-7-17-16/h4-8,11-12,18H,9-10H2,1-3H3. The number of hydrogen-bond acceptors (Lipinski definition) is 4. The number of rotatable bonds is 2. The molecule has 20 heavy (non-hydrogen) atoms. The lowest BCUT2D eigenvalue weighted by atomic mass is 10.1. The summed E-state index contributed by atoms with van der Waals surface area (Å²) >= 11 is 0. The topological polar surface area (TPSA) is 37.4 Å². The van der Waals surface area contributed by atoms with Crippen LogP contribution in [0.25, 0.3) is 10.8 Å². The van der Waals surface area contributed by atoms with Crippen molar-refractivity contribution in [3.63, 3.8) is 0 Å². The summed E-state index contributed by atoms with van der Waals surface area (Å²) in [6.45, 7) is 6.44. The quantitative estimate of drug-likeness (QED) is 0.910. The van der Waals surface area contributed by atoms with E-state index in [4.69, 9.17) is 4.74 Å². The van der Waals surface area contributed by atoms with Crippen LogP contribution in [0, 0.1) is 0 Å². The first-order chi connectivity index (χ1) is 9.69. The molecule has 1 saturated heterocycles. The lowest BCUT2D eigenvalue weighted by Crippen LogP contribution is -2.54. The zero-order chi connectivity index (χ0) is 14.1. The van der Waals surface area contributed by atoms with Crippen molar-refractivity contribution in [2.75, 3.05) is 25.1 Å². The second-order valence-corrected chi connectivity index (χ2v) is 5.53. The smallest absolute Gasteiger partial charge is 0.136 e. The third-order valence-electron chi connectivity index (χ3n) is 3.99. The molecule has 1 aromatic heterocycles. The van der Waals surface area contributed by atoms with E-state index in [-0.39, 0.29) is 0 Å². The van der Waals surface area contributed by atoms with Gasteiger partial charge in [-0.25, -0.2) is 4.98 Å². The number of hydrogen-bond donors (Lipinski definition) is 1. The Morgan fingerprint density at radius 2 is 2.15 bits per heavy atom. The van der Waals surface area contributed by atoms with Gasteiger partial charge >= 0.3 is 0 Å². The van der Waals surface area contributed by atoms with Crippen molar-refractivity contribution in [3.05, 3.63) is 30.5 Å². The van der Waals surface area contributed by atoms with Gasteiger partial charge in [0.05, 0.1) is 7.11 Å². The van der Waals surface area contributed by atoms with E-state index in [1.165, 1.54) is 10.8 Å². The Kier molecular flexibility index (Phi) is 3.49. The van der Waals surface area contributed by atoms with E-state index in [0.717, 1.165) is 24.7 Å². The Morgan fingerprint density at radius 1 is 1.30 bits per heavy atom. The van der Waals surface area contributed by atoms with Crippen LogP contribution < -0.4 is 15.0 Å². The average molecular weight is 271 g/mol. The molecule has 1 N–H and O–H groups in total. The van der Waals surface area contributed by atoms with Crippen LogP contribution in [0.1, 0.15) is 13.8 Å². The van der Waals surface area contributed by atoms with Gasteiger partial charge in [-0.15, -0.1) is 0 Å². The van der Waals surface area contributed by atoms with Crippen LogP contribution in [0.2, 0.25) is 0 Å². The Balaban J connectivity index is 2.06. The highest BCUT2D eigenvalue weighted by Gasteiger charge is 2.24. The number of piperazine rings is 1. The Morgan fingerprint density at radius 3 is 2.95 bits per heavy atom. The molecule has 1 aliphatic heterocycles. The van der Waals surface area contributed by atoms with Crippen molar-refractivity contribution < 1.29 is 4.74 Å². The van der Waals surface area contributed by atoms with Crippen molar-refractivity contribution in [2.24, 2.45) is 0 Å². The molecular weight excluding hydrogens is 250 g/mol. The van der Waals surface area contributed by atoms with Crippen molar-refractivity contribution in [1.29, 1.82) is 0 Å². The van der Waals surface area contributed by atoms with E-state index in [1.54, 1.807) is 7.11 Å². The lowest BCUT2D eigenvalue weighted by Gasteiger charge is -2.38. The summed E-state index contributed by atoms with van der Waals surface area (Å²) in [6, 6.07) is 9.15. The van der Waals surface area contributed by atoms with Crippen LogP contribution in [-0.2, 0) is 0 Å². The van der Waals surface area contributed by atoms with Crippen molar-refractivity contribution in [3.8, 4) is 5.75 Å². The molecule has 0 spiro atoms. The number of nitrogens with zero attached hydrogens (tertiary/aromatic N) is 2. The molecule has 2 unspecified atom stereocenters. The van der Waals surface area contributed by atoms with Gasteiger partial charge in [0.25, 0.3) is 0 Å². The molecule has 4 heteroatoms. The van der Waals surface area contributed by atoms with Crippen LogP contribution in [0.3, 0.4) is 0 Å². The highest BCUT2D eigenvalue weighted by molar-refractivity contribution is 5.93. The Bertz CT molecular complexity index is 614. The molecule has 0 amide bonds. The molecule has 3 rings (SSSR count). The third kappa shape index (κ3) is 2.31. The minimum absolute atomic E-state index is 0.450. The number of methoxy groups -OCH3 is 1. The van der Waals surface area contributed by atoms with Gasteiger partial charge in [0.15, 0.2) is 0 Å². The molecule has 1 aliphatic rings. The molecule has 1 fully saturated rings. The minimum Gasteiger partial charge on any atom is -0.497 e. The maximum absolute atomic E-state index is 5.30. The minimum atomic E-state index is 0.450. The first-order valence-corrected chi connectivity index (χ1v) is 7.12. The van der Waals surface area contributed by atoms with Gasteiger partial charge in [0.2, 0.25) is 0 Å². The van der Waals surface area contributed by atoms with Crippen LogP contribution in [0.5, 0.6) is 5.75 Å². The van der Waals surface area contributed by atoms with Crippen LogP contribution in [-0.4, -0.2) is 37.3 Å². The predicted molar refractivity (Wildman–Crippen MR) is 82.6 cm³/mol. The Labute approximate surface area is 119 Å². The SMILES string of the molecule is COc1ccc2c(N3CC(C)NCC3C)nccc2c1. The fourth-order valence-corrected chi connectivity index (χ4v) is 2.81. The van der Waals surface area contributed by atoms with Crippen LogP contribution in [0.4, 0.5) is 5.82 Å². The number of aromatic nitrogens is 1. The second-order valence-electron chi connectivity index (χ2n) is 5.53. The van der Waals surface area contributed by atoms with Gasteiger partial charge < -0.3 is 15.0 Å². The summed E-state index contributed by atoms with van der Waals surface area (Å²) < 4.78 is 5.30. The van der Waals surface area contributed by atoms with Gasteiger partial charge in [-0.2, -0.15) is 0 Å². The maximum Gasteiger partial charge on any atom is 0.136 e. The fourth-order valence-electron chi connectivity index (χ4n) is 2.81. The lowest BCUT2D eigenvalue weighted by molar-refractivity contribution is 0.415. The Hall–Kier alpha value is -1.81. The molecule has 2 aromatic rings. The van der Waals surface area contributed by atoms with Gasteiger partial charge in [-0.05, 0) is 43.5 Å². The largest absolute Gasteiger partial charge is 0.497 e. The van der Waals surface area contributed by atoms with Crippen molar-refractivity contribution >= 4 is 16.6 Å². The maximum atomic E-state index is 5.30. The van der Waals surface area contributed by atoms with E-state index in [9.17, 15) is 0 Å². The van der Waals surface area contributed by atoms with Gasteiger partial charge in [-0.1, -0.05) is 0 Å². The summed E-state index contributed by atoms with van der Waals surface area (Å²) in [6.07, 6.45) is 1.89. The molecule has 4 nitrogen and oxygen atoms in total. The van der Waals surface area contributed by atoms with Gasteiger partial charge in [0, 0.05) is 36.8 Å². The van der Waals surface area contributed by atoms with E-state index >= 15 is 0 Å². The molecule has 0 bridgehead atoms. The summed E-state index contributed by atoms with van der Waals surface area (Å²) in [5.41, 5.74) is 0. The summed E-state index contributed by atoms with van der Waals surface area (Å²) in [5.74, 6) is 1.96. The number of nitrogens with one attached hydrogen (secondary N) is 1. The van der Waals surface area contributed by atoms with E-state index in [1.807, 2.05) is 18.3 Å².